The van der Waals surface area contributed by atoms with Gasteiger partial charge in [0, 0.05) is 11.6 Å². The van der Waals surface area contributed by atoms with Crippen LogP contribution in [0.15, 0.2) is 24.3 Å². The summed E-state index contributed by atoms with van der Waals surface area (Å²) in [5, 5.41) is 9.08. The Labute approximate surface area is 116 Å². The topological polar surface area (TPSA) is 40.5 Å². The lowest BCUT2D eigenvalue weighted by Gasteiger charge is -2.39. The summed E-state index contributed by atoms with van der Waals surface area (Å²) >= 11 is 0. The maximum absolute atomic E-state index is 11.1. The molecule has 0 amide bonds. The van der Waals surface area contributed by atoms with Gasteiger partial charge in [0.05, 0.1) is 6.54 Å². The molecule has 0 radical (unpaired) electrons. The Bertz CT molecular complexity index is 417. The van der Waals surface area contributed by atoms with Crippen LogP contribution >= 0.6 is 0 Å². The van der Waals surface area contributed by atoms with Gasteiger partial charge in [0.1, 0.15) is 0 Å². The van der Waals surface area contributed by atoms with E-state index in [0.717, 1.165) is 12.0 Å². The van der Waals surface area contributed by atoms with Crippen molar-refractivity contribution in [2.24, 2.45) is 0 Å². The van der Waals surface area contributed by atoms with Gasteiger partial charge in [-0.15, -0.1) is 0 Å². The number of carboxylic acids is 1. The predicted molar refractivity (Wildman–Crippen MR) is 78.3 cm³/mol. The van der Waals surface area contributed by atoms with Gasteiger partial charge >= 0.3 is 5.97 Å². The Morgan fingerprint density at radius 2 is 1.79 bits per heavy atom. The normalized spacial score (nSPS) is 13.6. The first-order chi connectivity index (χ1) is 8.75. The highest BCUT2D eigenvalue weighted by molar-refractivity contribution is 5.69. The van der Waals surface area contributed by atoms with E-state index in [2.05, 4.69) is 38.1 Å². The van der Waals surface area contributed by atoms with E-state index in [0.29, 0.717) is 0 Å². The third-order valence-electron chi connectivity index (χ3n) is 3.51. The van der Waals surface area contributed by atoms with Crippen LogP contribution in [0.5, 0.6) is 0 Å². The van der Waals surface area contributed by atoms with Crippen LogP contribution in [0, 0.1) is 0 Å². The molecule has 1 N–H and O–H groups in total. The molecule has 1 rings (SSSR count). The largest absolute Gasteiger partial charge is 0.480 e. The quantitative estimate of drug-likeness (QED) is 0.884. The molecular weight excluding hydrogens is 238 g/mol. The third kappa shape index (κ3) is 4.35. The smallest absolute Gasteiger partial charge is 0.317 e. The van der Waals surface area contributed by atoms with Crippen LogP contribution in [0.4, 0.5) is 0 Å². The van der Waals surface area contributed by atoms with Crippen LogP contribution in [0.2, 0.25) is 0 Å². The van der Waals surface area contributed by atoms with Gasteiger partial charge < -0.3 is 5.11 Å². The summed E-state index contributed by atoms with van der Waals surface area (Å²) in [6.45, 7) is 10.4. The summed E-state index contributed by atoms with van der Waals surface area (Å²) in [5.74, 6) is -0.785. The number of aryl methyl sites for hydroxylation is 1. The second-order valence-electron chi connectivity index (χ2n) is 5.96. The molecule has 0 spiro atoms. The van der Waals surface area contributed by atoms with E-state index < -0.39 is 5.97 Å². The number of hydrogen-bond donors (Lipinski definition) is 1. The van der Waals surface area contributed by atoms with Gasteiger partial charge in [-0.2, -0.15) is 0 Å². The highest BCUT2D eigenvalue weighted by Gasteiger charge is 2.28. The lowest BCUT2D eigenvalue weighted by molar-refractivity contribution is -0.140. The number of carbonyl (C=O) groups is 1. The molecule has 0 aromatic heterocycles. The van der Waals surface area contributed by atoms with Crippen molar-refractivity contribution in [2.75, 3.05) is 6.54 Å². The zero-order chi connectivity index (χ0) is 14.6. The fourth-order valence-corrected chi connectivity index (χ4v) is 2.31. The molecule has 0 saturated heterocycles. The van der Waals surface area contributed by atoms with Crippen LogP contribution in [0.25, 0.3) is 0 Å². The van der Waals surface area contributed by atoms with Crippen molar-refractivity contribution in [1.82, 2.24) is 4.90 Å². The van der Waals surface area contributed by atoms with Crippen molar-refractivity contribution >= 4 is 5.97 Å². The Balaban J connectivity index is 2.97. The average molecular weight is 263 g/mol. The van der Waals surface area contributed by atoms with E-state index in [9.17, 15) is 4.79 Å². The first-order valence-corrected chi connectivity index (χ1v) is 6.83. The van der Waals surface area contributed by atoms with E-state index in [4.69, 9.17) is 5.11 Å². The molecule has 0 saturated carbocycles. The summed E-state index contributed by atoms with van der Waals surface area (Å²) in [6.07, 6.45) is 1.02. The zero-order valence-corrected chi connectivity index (χ0v) is 12.6. The minimum atomic E-state index is -0.785. The van der Waals surface area contributed by atoms with Crippen molar-refractivity contribution in [3.63, 3.8) is 0 Å². The van der Waals surface area contributed by atoms with Gasteiger partial charge in [-0.05, 0) is 45.2 Å². The fraction of sp³-hybridized carbons (Fsp3) is 0.562. The monoisotopic (exact) mass is 263 g/mol. The molecule has 3 heteroatoms. The Hall–Kier alpha value is -1.35. The molecule has 1 aromatic carbocycles. The first-order valence-electron chi connectivity index (χ1n) is 6.83. The highest BCUT2D eigenvalue weighted by Crippen LogP contribution is 2.27. The number of nitrogens with zero attached hydrogens (tertiary/aromatic N) is 1. The lowest BCUT2D eigenvalue weighted by atomic mass is 9.98. The Morgan fingerprint density at radius 1 is 1.26 bits per heavy atom. The van der Waals surface area contributed by atoms with Crippen molar-refractivity contribution in [3.05, 3.63) is 35.4 Å². The van der Waals surface area contributed by atoms with Crippen LogP contribution in [-0.2, 0) is 11.2 Å². The molecule has 0 heterocycles. The number of hydrogen-bond acceptors (Lipinski definition) is 2. The minimum Gasteiger partial charge on any atom is -0.480 e. The Kier molecular flexibility index (Phi) is 5.12. The number of carboxylic acid groups (broad SMARTS) is 1. The summed E-state index contributed by atoms with van der Waals surface area (Å²) in [6, 6.07) is 8.52. The Morgan fingerprint density at radius 3 is 2.16 bits per heavy atom. The second kappa shape index (κ2) is 6.20. The highest BCUT2D eigenvalue weighted by atomic mass is 16.4. The van der Waals surface area contributed by atoms with Crippen molar-refractivity contribution in [1.29, 1.82) is 0 Å². The van der Waals surface area contributed by atoms with Crippen molar-refractivity contribution in [2.45, 2.75) is 52.6 Å². The second-order valence-corrected chi connectivity index (χ2v) is 5.96. The molecular formula is C16H25NO2. The number of rotatable bonds is 5. The van der Waals surface area contributed by atoms with Gasteiger partial charge in [0.15, 0.2) is 0 Å². The maximum Gasteiger partial charge on any atom is 0.317 e. The third-order valence-corrected chi connectivity index (χ3v) is 3.51. The molecule has 0 aliphatic carbocycles. The van der Waals surface area contributed by atoms with Gasteiger partial charge in [0.25, 0.3) is 0 Å². The molecule has 0 fully saturated rings. The van der Waals surface area contributed by atoms with Gasteiger partial charge in [-0.3, -0.25) is 9.69 Å². The lowest BCUT2D eigenvalue weighted by Crippen LogP contribution is -2.45. The fourth-order valence-electron chi connectivity index (χ4n) is 2.31. The molecule has 0 aliphatic heterocycles. The zero-order valence-electron chi connectivity index (χ0n) is 12.6. The van der Waals surface area contributed by atoms with Gasteiger partial charge in [-0.25, -0.2) is 0 Å². The van der Waals surface area contributed by atoms with E-state index in [1.807, 2.05) is 25.7 Å². The number of aliphatic carboxylic acids is 1. The molecule has 0 aliphatic rings. The molecule has 1 aromatic rings. The molecule has 19 heavy (non-hydrogen) atoms. The van der Waals surface area contributed by atoms with Crippen LogP contribution < -0.4 is 0 Å². The standard InChI is InChI=1S/C16H25NO2/c1-6-13-7-9-14(10-8-13)12(2)17(11-15(18)19)16(3,4)5/h7-10,12H,6,11H2,1-5H3,(H,18,19). The molecule has 0 bridgehead atoms. The van der Waals surface area contributed by atoms with Crippen molar-refractivity contribution in [3.8, 4) is 0 Å². The van der Waals surface area contributed by atoms with E-state index >= 15 is 0 Å². The minimum absolute atomic E-state index is 0.0557. The SMILES string of the molecule is CCc1ccc(C(C)N(CC(=O)O)C(C)(C)C)cc1. The van der Waals surface area contributed by atoms with Crippen LogP contribution in [0.1, 0.15) is 51.8 Å². The maximum atomic E-state index is 11.1. The summed E-state index contributed by atoms with van der Waals surface area (Å²) in [7, 11) is 0. The average Bonchev–Trinajstić information content (AvgIpc) is 2.34. The van der Waals surface area contributed by atoms with Gasteiger partial charge in [-0.1, -0.05) is 31.2 Å². The van der Waals surface area contributed by atoms with E-state index in [1.54, 1.807) is 0 Å². The summed E-state index contributed by atoms with van der Waals surface area (Å²) in [5.41, 5.74) is 2.28. The van der Waals surface area contributed by atoms with E-state index in [-0.39, 0.29) is 18.1 Å². The molecule has 1 atom stereocenters. The van der Waals surface area contributed by atoms with Gasteiger partial charge in [0.2, 0.25) is 0 Å². The summed E-state index contributed by atoms with van der Waals surface area (Å²) in [4.78, 5) is 13.1. The number of benzene rings is 1. The van der Waals surface area contributed by atoms with E-state index in [1.165, 1.54) is 5.56 Å². The summed E-state index contributed by atoms with van der Waals surface area (Å²) < 4.78 is 0. The van der Waals surface area contributed by atoms with Crippen molar-refractivity contribution < 1.29 is 9.90 Å². The molecule has 106 valence electrons. The predicted octanol–water partition coefficient (Wildman–Crippen LogP) is 3.50. The molecule has 3 nitrogen and oxygen atoms in total. The van der Waals surface area contributed by atoms with Crippen LogP contribution in [-0.4, -0.2) is 28.1 Å². The van der Waals surface area contributed by atoms with Crippen LogP contribution in [0.3, 0.4) is 0 Å². The first kappa shape index (κ1) is 15.7. The molecule has 1 unspecified atom stereocenters.